The Balaban J connectivity index is 1.87. The van der Waals surface area contributed by atoms with Gasteiger partial charge in [-0.1, -0.05) is 65.6 Å². The van der Waals surface area contributed by atoms with Gasteiger partial charge in [-0.3, -0.25) is 4.90 Å². The summed E-state index contributed by atoms with van der Waals surface area (Å²) < 4.78 is 25.4. The minimum atomic E-state index is -1.70. The quantitative estimate of drug-likeness (QED) is 0.348. The molecule has 1 N–H and O–H groups in total. The van der Waals surface area contributed by atoms with Crippen molar-refractivity contribution in [2.24, 2.45) is 4.36 Å². The second-order valence-corrected chi connectivity index (χ2v) is 8.89. The molecule has 2 rings (SSSR count). The normalized spacial score (nSPS) is 13.7. The molecule has 0 aliphatic carbocycles. The van der Waals surface area contributed by atoms with Crippen LogP contribution in [0.15, 0.2) is 52.9 Å². The molecule has 0 bridgehead atoms. The van der Waals surface area contributed by atoms with Crippen LogP contribution in [0.3, 0.4) is 0 Å². The summed E-state index contributed by atoms with van der Waals surface area (Å²) in [5.41, 5.74) is 1.50. The summed E-state index contributed by atoms with van der Waals surface area (Å²) >= 11 is 12.0. The summed E-state index contributed by atoms with van der Waals surface area (Å²) in [4.78, 5) is 2.19. The lowest BCUT2D eigenvalue weighted by atomic mass is 10.2. The fourth-order valence-electron chi connectivity index (χ4n) is 2.86. The van der Waals surface area contributed by atoms with Crippen molar-refractivity contribution in [2.75, 3.05) is 33.4 Å². The Morgan fingerprint density at radius 1 is 1.19 bits per heavy atom. The number of unbranched alkanes of at least 4 members (excludes halogenated alkanes) is 1. The number of benzene rings is 2. The Bertz CT molecular complexity index is 948. The molecule has 0 saturated heterocycles. The Morgan fingerprint density at radius 3 is 2.59 bits per heavy atom. The van der Waals surface area contributed by atoms with Gasteiger partial charge in [0.2, 0.25) is 0 Å². The minimum Gasteiger partial charge on any atom is -0.491 e. The third-order valence-electron chi connectivity index (χ3n) is 4.52. The van der Waals surface area contributed by atoms with Gasteiger partial charge in [-0.2, -0.15) is 0 Å². The van der Waals surface area contributed by atoms with Crippen LogP contribution in [0, 0.1) is 0 Å². The highest BCUT2D eigenvalue weighted by molar-refractivity contribution is 7.69. The van der Waals surface area contributed by atoms with E-state index in [1.807, 2.05) is 18.2 Å². The third-order valence-corrected chi connectivity index (χ3v) is 5.90. The van der Waals surface area contributed by atoms with Crippen LogP contribution in [-0.2, 0) is 19.3 Å². The van der Waals surface area contributed by atoms with Crippen LogP contribution < -0.4 is 4.74 Å². The summed E-state index contributed by atoms with van der Waals surface area (Å²) in [6, 6.07) is 12.3. The summed E-state index contributed by atoms with van der Waals surface area (Å²) in [5.74, 6) is 0.603. The number of hydrogen-bond acceptors (Lipinski definition) is 7. The lowest BCUT2D eigenvalue weighted by Crippen LogP contribution is -2.36. The number of rotatable bonds is 13. The number of ether oxygens (including phenoxy) is 1. The predicted octanol–water partition coefficient (Wildman–Crippen LogP) is 5.89. The van der Waals surface area contributed by atoms with Crippen molar-refractivity contribution >= 4 is 45.8 Å². The summed E-state index contributed by atoms with van der Waals surface area (Å²) in [6.45, 7) is 4.38. The zero-order chi connectivity index (χ0) is 23.3. The van der Waals surface area contributed by atoms with Crippen molar-refractivity contribution < 1.29 is 18.2 Å². The van der Waals surface area contributed by atoms with Crippen LogP contribution in [0.1, 0.15) is 25.3 Å². The molecule has 0 aliphatic heterocycles. The van der Waals surface area contributed by atoms with Gasteiger partial charge < -0.3 is 22.6 Å². The molecular formula is C23H29Cl2N2O4S-. The van der Waals surface area contributed by atoms with Gasteiger partial charge in [0.1, 0.15) is 18.5 Å². The topological polar surface area (TPSA) is 71.4 Å². The van der Waals surface area contributed by atoms with Gasteiger partial charge in [0.15, 0.2) is 0 Å². The summed E-state index contributed by atoms with van der Waals surface area (Å²) in [6.07, 6.45) is 5.52. The standard InChI is InChI=1S/C23H29Cl2N2O4S/c1-3-4-13-27(14-5-6-18-7-12-22(24)23(25)15-18)16-20(28)17-31-21-10-8-19(9-11-21)26-32(29)30-2/h5-12,15,20,28H,3-4,13-14,16-17H2,1-2H3/q-1/b6-5+. The molecule has 0 saturated carbocycles. The molecule has 0 aromatic heterocycles. The van der Waals surface area contributed by atoms with Crippen molar-refractivity contribution in [2.45, 2.75) is 25.9 Å². The van der Waals surface area contributed by atoms with Crippen LogP contribution in [0.2, 0.25) is 10.0 Å². The maximum absolute atomic E-state index is 11.3. The highest BCUT2D eigenvalue weighted by Crippen LogP contribution is 2.23. The SMILES string of the molecule is CCCCN(C/C=C/c1ccc(Cl)c(Cl)c1)CC(O)COc1ccc(N=[S-](=O)OC)cc1. The van der Waals surface area contributed by atoms with E-state index in [1.165, 1.54) is 7.11 Å². The summed E-state index contributed by atoms with van der Waals surface area (Å²) in [5, 5.41) is 11.5. The van der Waals surface area contributed by atoms with Crippen LogP contribution in [0.4, 0.5) is 5.69 Å². The maximum Gasteiger partial charge on any atom is 0.119 e. The van der Waals surface area contributed by atoms with E-state index < -0.39 is 17.0 Å². The van der Waals surface area contributed by atoms with Crippen LogP contribution in [0.25, 0.3) is 6.08 Å². The first-order chi connectivity index (χ1) is 15.4. The Hall–Kier alpha value is -1.61. The molecule has 176 valence electrons. The fraction of sp³-hybridized carbons (Fsp3) is 0.391. The molecule has 2 aromatic carbocycles. The number of nitrogens with zero attached hydrogens (tertiary/aromatic N) is 2. The van der Waals surface area contributed by atoms with Crippen LogP contribution >= 0.6 is 23.2 Å². The van der Waals surface area contributed by atoms with Crippen molar-refractivity contribution in [1.29, 1.82) is 0 Å². The minimum absolute atomic E-state index is 0.166. The number of aliphatic hydroxyl groups is 1. The van der Waals surface area contributed by atoms with Gasteiger partial charge in [-0.05, 0) is 54.9 Å². The molecule has 2 aromatic rings. The molecule has 0 heterocycles. The van der Waals surface area contributed by atoms with E-state index in [0.717, 1.165) is 24.9 Å². The second-order valence-electron chi connectivity index (χ2n) is 7.12. The van der Waals surface area contributed by atoms with Crippen molar-refractivity contribution in [3.8, 4) is 5.75 Å². The molecule has 9 heteroatoms. The lowest BCUT2D eigenvalue weighted by molar-refractivity contribution is 0.0715. The Morgan fingerprint density at radius 2 is 1.94 bits per heavy atom. The average molecular weight is 500 g/mol. The zero-order valence-electron chi connectivity index (χ0n) is 18.2. The van der Waals surface area contributed by atoms with Gasteiger partial charge >= 0.3 is 0 Å². The van der Waals surface area contributed by atoms with Gasteiger partial charge in [0.05, 0.1) is 10.0 Å². The van der Waals surface area contributed by atoms with E-state index in [2.05, 4.69) is 26.4 Å². The van der Waals surface area contributed by atoms with Gasteiger partial charge in [-0.25, -0.2) is 0 Å². The molecule has 0 aliphatic rings. The fourth-order valence-corrected chi connectivity index (χ4v) is 3.54. The zero-order valence-corrected chi connectivity index (χ0v) is 20.6. The molecule has 0 spiro atoms. The first kappa shape index (κ1) is 26.6. The number of halogens is 2. The number of hydrogen-bond donors (Lipinski definition) is 1. The van der Waals surface area contributed by atoms with Gasteiger partial charge in [0, 0.05) is 25.9 Å². The van der Waals surface area contributed by atoms with Crippen molar-refractivity contribution in [1.82, 2.24) is 4.90 Å². The highest BCUT2D eigenvalue weighted by atomic mass is 35.5. The second kappa shape index (κ2) is 14.5. The molecule has 1 unspecified atom stereocenters. The highest BCUT2D eigenvalue weighted by Gasteiger charge is 2.11. The largest absolute Gasteiger partial charge is 0.491 e. The van der Waals surface area contributed by atoms with E-state index in [-0.39, 0.29) is 6.61 Å². The van der Waals surface area contributed by atoms with E-state index >= 15 is 0 Å². The van der Waals surface area contributed by atoms with E-state index in [0.29, 0.717) is 34.6 Å². The first-order valence-corrected chi connectivity index (χ1v) is 12.1. The van der Waals surface area contributed by atoms with E-state index in [1.54, 1.807) is 30.3 Å². The van der Waals surface area contributed by atoms with Crippen molar-refractivity contribution in [3.63, 3.8) is 0 Å². The molecule has 0 amide bonds. The van der Waals surface area contributed by atoms with Gasteiger partial charge in [0.25, 0.3) is 0 Å². The van der Waals surface area contributed by atoms with E-state index in [9.17, 15) is 9.32 Å². The van der Waals surface area contributed by atoms with Crippen LogP contribution in [0.5, 0.6) is 5.75 Å². The third kappa shape index (κ3) is 9.90. The molecule has 1 atom stereocenters. The molecule has 32 heavy (non-hydrogen) atoms. The molecule has 0 fully saturated rings. The first-order valence-electron chi connectivity index (χ1n) is 10.3. The smallest absolute Gasteiger partial charge is 0.119 e. The maximum atomic E-state index is 11.3. The van der Waals surface area contributed by atoms with Gasteiger partial charge in [-0.15, -0.1) is 0 Å². The Kier molecular flexibility index (Phi) is 12.1. The Labute approximate surface area is 202 Å². The van der Waals surface area contributed by atoms with E-state index in [4.69, 9.17) is 27.9 Å². The monoisotopic (exact) mass is 499 g/mol. The number of aliphatic hydroxyl groups excluding tert-OH is 1. The lowest BCUT2D eigenvalue weighted by Gasteiger charge is -2.24. The molecule has 6 nitrogen and oxygen atoms in total. The predicted molar refractivity (Wildman–Crippen MR) is 132 cm³/mol. The van der Waals surface area contributed by atoms with Crippen molar-refractivity contribution in [3.05, 3.63) is 64.1 Å². The average Bonchev–Trinajstić information content (AvgIpc) is 2.79. The molecule has 0 radical (unpaired) electrons. The summed E-state index contributed by atoms with van der Waals surface area (Å²) in [7, 11) is -0.378. The van der Waals surface area contributed by atoms with Crippen LogP contribution in [-0.4, -0.2) is 49.5 Å². The molecular weight excluding hydrogens is 471 g/mol.